The predicted molar refractivity (Wildman–Crippen MR) is 78.2 cm³/mol. The number of aliphatic hydroxyl groups excluding tert-OH is 1. The summed E-state index contributed by atoms with van der Waals surface area (Å²) in [6.07, 6.45) is 0.0234. The molecule has 2 unspecified atom stereocenters. The second-order valence-electron chi connectivity index (χ2n) is 5.23. The van der Waals surface area contributed by atoms with Gasteiger partial charge in [-0.25, -0.2) is 0 Å². The van der Waals surface area contributed by atoms with Crippen molar-refractivity contribution in [1.82, 2.24) is 4.90 Å². The molecule has 2 rings (SSSR count). The molecule has 0 aromatic heterocycles. The Kier molecular flexibility index (Phi) is 4.34. The van der Waals surface area contributed by atoms with Gasteiger partial charge < -0.3 is 15.7 Å². The average molecular weight is 314 g/mol. The van der Waals surface area contributed by atoms with Gasteiger partial charge in [-0.05, 0) is 12.3 Å². The van der Waals surface area contributed by atoms with Crippen molar-refractivity contribution >= 4 is 28.9 Å². The van der Waals surface area contributed by atoms with Crippen molar-refractivity contribution in [3.8, 4) is 0 Å². The van der Waals surface area contributed by atoms with Crippen LogP contribution in [-0.4, -0.2) is 40.0 Å². The van der Waals surface area contributed by atoms with Crippen molar-refractivity contribution in [1.29, 1.82) is 0 Å². The van der Waals surface area contributed by atoms with E-state index in [1.165, 1.54) is 4.90 Å². The highest BCUT2D eigenvalue weighted by atomic mass is 35.5. The van der Waals surface area contributed by atoms with Gasteiger partial charge in [0.05, 0.1) is 27.3 Å². The number of nitro groups is 1. The van der Waals surface area contributed by atoms with E-state index in [4.69, 9.17) is 17.3 Å². The third-order valence-electron chi connectivity index (χ3n) is 3.70. The summed E-state index contributed by atoms with van der Waals surface area (Å²) in [4.78, 5) is 24.3. The lowest BCUT2D eigenvalue weighted by Gasteiger charge is -2.34. The van der Waals surface area contributed by atoms with Crippen molar-refractivity contribution in [2.45, 2.75) is 19.4 Å². The van der Waals surface area contributed by atoms with Crippen LogP contribution in [0.1, 0.15) is 23.7 Å². The second kappa shape index (κ2) is 5.87. The van der Waals surface area contributed by atoms with Gasteiger partial charge in [-0.1, -0.05) is 18.5 Å². The lowest BCUT2D eigenvalue weighted by atomic mass is 9.96. The van der Waals surface area contributed by atoms with E-state index < -0.39 is 16.9 Å². The van der Waals surface area contributed by atoms with Crippen molar-refractivity contribution in [3.05, 3.63) is 32.8 Å². The highest BCUT2D eigenvalue weighted by molar-refractivity contribution is 6.34. The van der Waals surface area contributed by atoms with E-state index in [0.29, 0.717) is 19.5 Å². The molecule has 1 fully saturated rings. The largest absolute Gasteiger partial charge is 0.397 e. The van der Waals surface area contributed by atoms with Crippen molar-refractivity contribution in [2.24, 2.45) is 5.92 Å². The molecule has 1 heterocycles. The number of nitrogens with zero attached hydrogens (tertiary/aromatic N) is 2. The van der Waals surface area contributed by atoms with Gasteiger partial charge in [0.15, 0.2) is 0 Å². The minimum absolute atomic E-state index is 0.0161. The summed E-state index contributed by atoms with van der Waals surface area (Å²) in [6.45, 7) is 2.59. The van der Waals surface area contributed by atoms with Crippen LogP contribution in [0.5, 0.6) is 0 Å². The van der Waals surface area contributed by atoms with Crippen molar-refractivity contribution in [2.75, 3.05) is 18.8 Å². The molecular weight excluding hydrogens is 298 g/mol. The maximum Gasteiger partial charge on any atom is 0.271 e. The number of nitro benzene ring substituents is 1. The van der Waals surface area contributed by atoms with Gasteiger partial charge in [0.25, 0.3) is 11.6 Å². The number of non-ortho nitro benzene ring substituents is 1. The Morgan fingerprint density at radius 2 is 2.24 bits per heavy atom. The lowest BCUT2D eigenvalue weighted by Crippen LogP contribution is -2.45. The van der Waals surface area contributed by atoms with Crippen LogP contribution in [0.15, 0.2) is 12.1 Å². The fourth-order valence-electron chi connectivity index (χ4n) is 2.37. The number of nitrogens with two attached hydrogens (primary N) is 1. The summed E-state index contributed by atoms with van der Waals surface area (Å²) in [7, 11) is 0. The van der Waals surface area contributed by atoms with E-state index in [2.05, 4.69) is 0 Å². The first-order valence-electron chi connectivity index (χ1n) is 6.52. The minimum atomic E-state index is -0.620. The first kappa shape index (κ1) is 15.5. The number of hydrogen-bond acceptors (Lipinski definition) is 5. The highest BCUT2D eigenvalue weighted by Gasteiger charge is 2.30. The maximum absolute atomic E-state index is 12.5. The summed E-state index contributed by atoms with van der Waals surface area (Å²) in [6, 6.07) is 2.26. The highest BCUT2D eigenvalue weighted by Crippen LogP contribution is 2.30. The molecule has 3 N–H and O–H groups in total. The molecular formula is C13H16ClN3O4. The van der Waals surface area contributed by atoms with Crippen LogP contribution in [-0.2, 0) is 0 Å². The molecule has 1 amide bonds. The molecule has 0 saturated carbocycles. The summed E-state index contributed by atoms with van der Waals surface area (Å²) < 4.78 is 0. The number of benzene rings is 1. The van der Waals surface area contributed by atoms with E-state index in [1.807, 2.05) is 6.92 Å². The number of amides is 1. The first-order valence-corrected chi connectivity index (χ1v) is 6.89. The number of anilines is 1. The Bertz CT molecular complexity index is 593. The zero-order chi connectivity index (χ0) is 15.7. The van der Waals surface area contributed by atoms with E-state index in [-0.39, 0.29) is 27.9 Å². The number of halogens is 1. The number of aliphatic hydroxyl groups is 1. The SMILES string of the molecule is CC1CN(C(=O)c2cc([N+](=O)[O-])cc(Cl)c2N)CCC1O. The normalized spacial score (nSPS) is 22.1. The van der Waals surface area contributed by atoms with Gasteiger partial charge >= 0.3 is 0 Å². The van der Waals surface area contributed by atoms with Gasteiger partial charge in [0.2, 0.25) is 0 Å². The van der Waals surface area contributed by atoms with E-state index in [9.17, 15) is 20.0 Å². The van der Waals surface area contributed by atoms with Crippen LogP contribution in [0.2, 0.25) is 5.02 Å². The van der Waals surface area contributed by atoms with E-state index in [1.54, 1.807) is 0 Å². The lowest BCUT2D eigenvalue weighted by molar-refractivity contribution is -0.384. The Morgan fingerprint density at radius 3 is 2.81 bits per heavy atom. The first-order chi connectivity index (χ1) is 9.81. The maximum atomic E-state index is 12.5. The average Bonchev–Trinajstić information content (AvgIpc) is 2.43. The molecule has 0 spiro atoms. The van der Waals surface area contributed by atoms with E-state index in [0.717, 1.165) is 12.1 Å². The Hall–Kier alpha value is -1.86. The van der Waals surface area contributed by atoms with Gasteiger partial charge in [-0.3, -0.25) is 14.9 Å². The topological polar surface area (TPSA) is 110 Å². The molecule has 7 nitrogen and oxygen atoms in total. The van der Waals surface area contributed by atoms with Crippen LogP contribution in [0.3, 0.4) is 0 Å². The van der Waals surface area contributed by atoms with Crippen LogP contribution >= 0.6 is 11.6 Å². The fraction of sp³-hybridized carbons (Fsp3) is 0.462. The van der Waals surface area contributed by atoms with E-state index >= 15 is 0 Å². The zero-order valence-electron chi connectivity index (χ0n) is 11.5. The third kappa shape index (κ3) is 3.08. The number of rotatable bonds is 2. The number of hydrogen-bond donors (Lipinski definition) is 2. The molecule has 114 valence electrons. The molecule has 1 aromatic carbocycles. The summed E-state index contributed by atoms with van der Waals surface area (Å²) in [5.41, 5.74) is 5.55. The zero-order valence-corrected chi connectivity index (χ0v) is 12.2. The van der Waals surface area contributed by atoms with Crippen LogP contribution in [0, 0.1) is 16.0 Å². The molecule has 1 aliphatic heterocycles. The Morgan fingerprint density at radius 1 is 1.57 bits per heavy atom. The molecule has 2 atom stereocenters. The van der Waals surface area contributed by atoms with Gasteiger partial charge in [-0.2, -0.15) is 0 Å². The number of likely N-dealkylation sites (tertiary alicyclic amines) is 1. The quantitative estimate of drug-likeness (QED) is 0.490. The monoisotopic (exact) mass is 313 g/mol. The third-order valence-corrected chi connectivity index (χ3v) is 4.02. The fourth-order valence-corrected chi connectivity index (χ4v) is 2.59. The standard InChI is InChI=1S/C13H16ClN3O4/c1-7-6-16(3-2-11(7)18)13(19)9-4-8(17(20)21)5-10(14)12(9)15/h4-5,7,11,18H,2-3,6,15H2,1H3. The van der Waals surface area contributed by atoms with Gasteiger partial charge in [-0.15, -0.1) is 0 Å². The van der Waals surface area contributed by atoms with Gasteiger partial charge in [0.1, 0.15) is 0 Å². The molecule has 0 aliphatic carbocycles. The molecule has 8 heteroatoms. The van der Waals surface area contributed by atoms with Crippen molar-refractivity contribution in [3.63, 3.8) is 0 Å². The molecule has 0 radical (unpaired) electrons. The van der Waals surface area contributed by atoms with Crippen LogP contribution in [0.4, 0.5) is 11.4 Å². The number of piperidine rings is 1. The van der Waals surface area contributed by atoms with Crippen molar-refractivity contribution < 1.29 is 14.8 Å². The molecule has 1 aliphatic rings. The Labute approximate surface area is 126 Å². The summed E-state index contributed by atoms with van der Waals surface area (Å²) in [5, 5.41) is 20.5. The smallest absolute Gasteiger partial charge is 0.271 e. The number of nitrogen functional groups attached to an aromatic ring is 1. The molecule has 1 aromatic rings. The second-order valence-corrected chi connectivity index (χ2v) is 5.64. The Balaban J connectivity index is 2.33. The predicted octanol–water partition coefficient (Wildman–Crippen LogP) is 1.67. The molecule has 21 heavy (non-hydrogen) atoms. The summed E-state index contributed by atoms with van der Waals surface area (Å²) in [5.74, 6) is -0.463. The number of carbonyl (C=O) groups is 1. The molecule has 1 saturated heterocycles. The summed E-state index contributed by atoms with van der Waals surface area (Å²) >= 11 is 5.86. The van der Waals surface area contributed by atoms with Gasteiger partial charge in [0, 0.05) is 25.2 Å². The van der Waals surface area contributed by atoms with Crippen LogP contribution < -0.4 is 5.73 Å². The molecule has 0 bridgehead atoms. The minimum Gasteiger partial charge on any atom is -0.397 e. The van der Waals surface area contributed by atoms with Crippen LogP contribution in [0.25, 0.3) is 0 Å². The number of carbonyl (C=O) groups excluding carboxylic acids is 1.